The first-order chi connectivity index (χ1) is 17.8. The molecule has 1 heterocycles. The monoisotopic (exact) mass is 546 g/mol. The molecule has 3 saturated carbocycles. The summed E-state index contributed by atoms with van der Waals surface area (Å²) in [6.45, 7) is 6.78. The van der Waals surface area contributed by atoms with E-state index in [0.29, 0.717) is 48.4 Å². The molecule has 1 aliphatic heterocycles. The number of rotatable bonds is 7. The lowest BCUT2D eigenvalue weighted by Crippen LogP contribution is -2.50. The van der Waals surface area contributed by atoms with Gasteiger partial charge in [-0.2, -0.15) is 0 Å². The molecule has 6 atom stereocenters. The second kappa shape index (κ2) is 10.8. The van der Waals surface area contributed by atoms with Crippen molar-refractivity contribution in [1.82, 2.24) is 5.32 Å². The van der Waals surface area contributed by atoms with Crippen LogP contribution < -0.4 is 15.0 Å². The fourth-order valence-corrected chi connectivity index (χ4v) is 8.90. The number of amides is 1. The third-order valence-electron chi connectivity index (χ3n) is 10.4. The largest absolute Gasteiger partial charge is 0.424 e. The molecule has 0 bridgehead atoms. The number of nitrogens with one attached hydrogen (secondary N) is 1. The van der Waals surface area contributed by atoms with Gasteiger partial charge in [-0.1, -0.05) is 31.6 Å². The SMILES string of the molecule is C[C@]12CC[C@H]3[C@@H](CCC4=CC(=O)NCC[C@@]43C)[C@@H]1CC[C@@H]2C(=O)Oc1ccccc1N(CCCl)CCCl. The quantitative estimate of drug-likeness (QED) is 0.252. The number of benzene rings is 1. The molecule has 1 aromatic carbocycles. The topological polar surface area (TPSA) is 58.6 Å². The van der Waals surface area contributed by atoms with Crippen LogP contribution in [0.2, 0.25) is 0 Å². The Morgan fingerprint density at radius 3 is 2.57 bits per heavy atom. The molecule has 37 heavy (non-hydrogen) atoms. The summed E-state index contributed by atoms with van der Waals surface area (Å²) < 4.78 is 6.17. The maximum atomic E-state index is 13.8. The minimum Gasteiger partial charge on any atom is -0.424 e. The summed E-state index contributed by atoms with van der Waals surface area (Å²) in [5.74, 6) is 3.12. The van der Waals surface area contributed by atoms with Crippen molar-refractivity contribution < 1.29 is 14.3 Å². The number of hydrogen-bond acceptors (Lipinski definition) is 4. The molecule has 0 spiro atoms. The summed E-state index contributed by atoms with van der Waals surface area (Å²) in [7, 11) is 0. The molecule has 3 aliphatic carbocycles. The zero-order valence-electron chi connectivity index (χ0n) is 22.1. The molecule has 3 fully saturated rings. The predicted molar refractivity (Wildman–Crippen MR) is 149 cm³/mol. The van der Waals surface area contributed by atoms with Gasteiger partial charge < -0.3 is 15.0 Å². The fraction of sp³-hybridized carbons (Fsp3) is 0.667. The van der Waals surface area contributed by atoms with Crippen LogP contribution >= 0.6 is 23.2 Å². The smallest absolute Gasteiger partial charge is 0.314 e. The van der Waals surface area contributed by atoms with Crippen molar-refractivity contribution >= 4 is 40.8 Å². The molecule has 202 valence electrons. The molecule has 1 N–H and O–H groups in total. The Bertz CT molecular complexity index is 1060. The molecule has 0 radical (unpaired) electrons. The number of carbonyl (C=O) groups is 2. The Morgan fingerprint density at radius 2 is 1.81 bits per heavy atom. The normalized spacial score (nSPS) is 34.8. The molecule has 0 aromatic heterocycles. The van der Waals surface area contributed by atoms with E-state index in [2.05, 4.69) is 24.1 Å². The second-order valence-electron chi connectivity index (χ2n) is 12.0. The number of carbonyl (C=O) groups excluding carboxylic acids is 2. The number of ether oxygens (including phenoxy) is 1. The van der Waals surface area contributed by atoms with Gasteiger partial charge in [-0.3, -0.25) is 9.59 Å². The third-order valence-corrected chi connectivity index (χ3v) is 10.7. The summed E-state index contributed by atoms with van der Waals surface area (Å²) in [6.07, 6.45) is 9.13. The van der Waals surface area contributed by atoms with E-state index >= 15 is 0 Å². The van der Waals surface area contributed by atoms with Gasteiger partial charge in [0.2, 0.25) is 5.91 Å². The lowest BCUT2D eigenvalue weighted by Gasteiger charge is -2.57. The average Bonchev–Trinajstić information content (AvgIpc) is 3.15. The Hall–Kier alpha value is -1.72. The number of allylic oxidation sites excluding steroid dienone is 1. The first-order valence-corrected chi connectivity index (χ1v) is 15.0. The molecule has 5 nitrogen and oxygen atoms in total. The molecule has 0 unspecified atom stereocenters. The summed E-state index contributed by atoms with van der Waals surface area (Å²) >= 11 is 12.1. The number of alkyl halides is 2. The van der Waals surface area contributed by atoms with Gasteiger partial charge in [-0.25, -0.2) is 0 Å². The molecule has 7 heteroatoms. The summed E-state index contributed by atoms with van der Waals surface area (Å²) in [6, 6.07) is 7.73. The van der Waals surface area contributed by atoms with Gasteiger partial charge in [0.25, 0.3) is 0 Å². The number of para-hydroxylation sites is 2. The highest BCUT2D eigenvalue weighted by Crippen LogP contribution is 2.66. The maximum Gasteiger partial charge on any atom is 0.314 e. The van der Waals surface area contributed by atoms with Gasteiger partial charge in [0.15, 0.2) is 5.75 Å². The van der Waals surface area contributed by atoms with E-state index in [1.54, 1.807) is 0 Å². The average molecular weight is 548 g/mol. The van der Waals surface area contributed by atoms with Crippen LogP contribution in [-0.4, -0.2) is 43.3 Å². The number of esters is 1. The van der Waals surface area contributed by atoms with E-state index in [1.165, 1.54) is 5.57 Å². The lowest BCUT2D eigenvalue weighted by atomic mass is 9.48. The van der Waals surface area contributed by atoms with Gasteiger partial charge in [-0.05, 0) is 85.7 Å². The Morgan fingerprint density at radius 1 is 1.05 bits per heavy atom. The Balaban J connectivity index is 1.35. The maximum absolute atomic E-state index is 13.8. The van der Waals surface area contributed by atoms with Gasteiger partial charge in [0, 0.05) is 37.5 Å². The van der Waals surface area contributed by atoms with Crippen LogP contribution in [0.25, 0.3) is 0 Å². The van der Waals surface area contributed by atoms with Crippen molar-refractivity contribution in [3.05, 3.63) is 35.9 Å². The van der Waals surface area contributed by atoms with Gasteiger partial charge in [0.1, 0.15) is 0 Å². The molecule has 1 aromatic rings. The first-order valence-electron chi connectivity index (χ1n) is 14.0. The predicted octanol–water partition coefficient (Wildman–Crippen LogP) is 6.18. The minimum atomic E-state index is -0.0977. The van der Waals surface area contributed by atoms with Crippen LogP contribution in [0.5, 0.6) is 5.75 Å². The van der Waals surface area contributed by atoms with Crippen molar-refractivity contribution in [2.45, 2.75) is 58.8 Å². The van der Waals surface area contributed by atoms with E-state index < -0.39 is 0 Å². The van der Waals surface area contributed by atoms with Gasteiger partial charge in [-0.15, -0.1) is 23.2 Å². The van der Waals surface area contributed by atoms with Crippen LogP contribution in [0.4, 0.5) is 5.69 Å². The highest BCUT2D eigenvalue weighted by Gasteiger charge is 2.60. The van der Waals surface area contributed by atoms with Gasteiger partial charge in [0.05, 0.1) is 11.6 Å². The number of anilines is 1. The minimum absolute atomic E-state index is 0.0461. The van der Waals surface area contributed by atoms with E-state index in [0.717, 1.165) is 57.2 Å². The molecular weight excluding hydrogens is 507 g/mol. The number of halogens is 2. The van der Waals surface area contributed by atoms with Crippen LogP contribution in [0.15, 0.2) is 35.9 Å². The van der Waals surface area contributed by atoms with Crippen molar-refractivity contribution in [3.63, 3.8) is 0 Å². The van der Waals surface area contributed by atoms with Crippen molar-refractivity contribution in [2.24, 2.45) is 34.5 Å². The summed E-state index contributed by atoms with van der Waals surface area (Å²) in [4.78, 5) is 28.1. The van der Waals surface area contributed by atoms with Crippen molar-refractivity contribution in [1.29, 1.82) is 0 Å². The standard InChI is InChI=1S/C30H40Cl2N2O3/c1-29-13-16-33-27(35)19-20(29)7-8-21-22-9-10-24(30(22,2)12-11-23(21)29)28(36)37-26-6-4-3-5-25(26)34(17-14-31)18-15-32/h3-6,19,21-24H,7-18H2,1-2H3,(H,33,35)/t21-,22-,23-,24+,29-,30-/m0/s1. The Kier molecular flexibility index (Phi) is 7.85. The van der Waals surface area contributed by atoms with Crippen LogP contribution in [0, 0.1) is 34.5 Å². The molecule has 0 saturated heterocycles. The van der Waals surface area contributed by atoms with E-state index in [1.807, 2.05) is 30.3 Å². The zero-order valence-corrected chi connectivity index (χ0v) is 23.6. The number of hydrogen-bond donors (Lipinski definition) is 1. The molecular formula is C30H40Cl2N2O3. The molecule has 1 amide bonds. The fourth-order valence-electron chi connectivity index (χ4n) is 8.49. The lowest BCUT2D eigenvalue weighted by molar-refractivity contribution is -0.146. The number of nitrogens with zero attached hydrogens (tertiary/aromatic N) is 1. The highest BCUT2D eigenvalue weighted by atomic mass is 35.5. The summed E-state index contributed by atoms with van der Waals surface area (Å²) in [5, 5.41) is 3.05. The zero-order chi connectivity index (χ0) is 26.2. The molecule has 4 aliphatic rings. The van der Waals surface area contributed by atoms with Crippen LogP contribution in [0.1, 0.15) is 58.8 Å². The van der Waals surface area contributed by atoms with Gasteiger partial charge >= 0.3 is 5.97 Å². The Labute approximate surface area is 231 Å². The summed E-state index contributed by atoms with van der Waals surface area (Å²) in [5.41, 5.74) is 2.25. The number of fused-ring (bicyclic) bond motifs is 5. The second-order valence-corrected chi connectivity index (χ2v) is 12.7. The van der Waals surface area contributed by atoms with Crippen molar-refractivity contribution in [3.8, 4) is 5.75 Å². The first kappa shape index (κ1) is 26.9. The third kappa shape index (κ3) is 4.80. The van der Waals surface area contributed by atoms with E-state index in [9.17, 15) is 9.59 Å². The van der Waals surface area contributed by atoms with E-state index in [-0.39, 0.29) is 28.6 Å². The van der Waals surface area contributed by atoms with Crippen LogP contribution in [0.3, 0.4) is 0 Å². The van der Waals surface area contributed by atoms with E-state index in [4.69, 9.17) is 27.9 Å². The van der Waals surface area contributed by atoms with Crippen molar-refractivity contribution in [2.75, 3.05) is 36.3 Å². The highest BCUT2D eigenvalue weighted by molar-refractivity contribution is 6.18. The van der Waals surface area contributed by atoms with Crippen LogP contribution in [-0.2, 0) is 9.59 Å². The molecule has 5 rings (SSSR count).